The summed E-state index contributed by atoms with van der Waals surface area (Å²) in [5.74, 6) is 3.24. The van der Waals surface area contributed by atoms with Crippen molar-refractivity contribution in [3.63, 3.8) is 0 Å². The highest BCUT2D eigenvalue weighted by molar-refractivity contribution is 6.15. The number of nitrogens with zero attached hydrogens (tertiary/aromatic N) is 5. The lowest BCUT2D eigenvalue weighted by atomic mass is 9.98. The van der Waals surface area contributed by atoms with Crippen molar-refractivity contribution >= 4 is 5.71 Å². The van der Waals surface area contributed by atoms with E-state index in [1.807, 2.05) is 29.7 Å². The number of aromatic nitrogens is 4. The maximum Gasteiger partial charge on any atom is 0.278 e. The molecule has 2 aromatic heterocycles. The minimum atomic E-state index is -0.345. The SMILES string of the molecule is C#Cc1ccc2c(c1)C(c1ccccc1F)=NCc1c(-c3nc(CC)no3)ncn1-2. The van der Waals surface area contributed by atoms with Crippen LogP contribution in [0.2, 0.25) is 0 Å². The molecule has 5 rings (SSSR count). The number of aliphatic imine (C=N–C) groups is 1. The van der Waals surface area contributed by atoms with Crippen LogP contribution in [-0.2, 0) is 13.0 Å². The molecule has 0 atom stereocenters. The first-order valence-electron chi connectivity index (χ1n) is 9.49. The second-order valence-electron chi connectivity index (χ2n) is 6.80. The average Bonchev–Trinajstić information content (AvgIpc) is 3.38. The van der Waals surface area contributed by atoms with Gasteiger partial charge in [0.1, 0.15) is 12.1 Å². The smallest absolute Gasteiger partial charge is 0.278 e. The van der Waals surface area contributed by atoms with Gasteiger partial charge in [0.25, 0.3) is 5.89 Å². The van der Waals surface area contributed by atoms with E-state index in [0.717, 1.165) is 16.9 Å². The zero-order valence-electron chi connectivity index (χ0n) is 16.1. The molecule has 30 heavy (non-hydrogen) atoms. The molecule has 0 bridgehead atoms. The quantitative estimate of drug-likeness (QED) is 0.491. The van der Waals surface area contributed by atoms with Crippen LogP contribution in [0.4, 0.5) is 4.39 Å². The normalized spacial score (nSPS) is 12.5. The van der Waals surface area contributed by atoms with Gasteiger partial charge in [0.15, 0.2) is 11.5 Å². The molecule has 0 radical (unpaired) electrons. The van der Waals surface area contributed by atoms with Crippen LogP contribution in [0.25, 0.3) is 17.3 Å². The first-order chi connectivity index (χ1) is 14.7. The highest BCUT2D eigenvalue weighted by Crippen LogP contribution is 2.31. The Labute approximate surface area is 172 Å². The topological polar surface area (TPSA) is 69.1 Å². The summed E-state index contributed by atoms with van der Waals surface area (Å²) < 4.78 is 22.0. The Morgan fingerprint density at radius 2 is 2.07 bits per heavy atom. The fourth-order valence-electron chi connectivity index (χ4n) is 3.55. The van der Waals surface area contributed by atoms with Gasteiger partial charge in [0.2, 0.25) is 0 Å². The molecule has 3 heterocycles. The van der Waals surface area contributed by atoms with Gasteiger partial charge in [-0.05, 0) is 30.3 Å². The predicted molar refractivity (Wildman–Crippen MR) is 110 cm³/mol. The minimum absolute atomic E-state index is 0.267. The summed E-state index contributed by atoms with van der Waals surface area (Å²) in [5, 5.41) is 3.96. The third-order valence-corrected chi connectivity index (χ3v) is 5.05. The fourth-order valence-corrected chi connectivity index (χ4v) is 3.55. The van der Waals surface area contributed by atoms with Crippen molar-refractivity contribution < 1.29 is 8.91 Å². The van der Waals surface area contributed by atoms with Crippen molar-refractivity contribution in [1.82, 2.24) is 19.7 Å². The molecule has 0 aliphatic carbocycles. The van der Waals surface area contributed by atoms with Crippen LogP contribution in [0.1, 0.15) is 35.1 Å². The van der Waals surface area contributed by atoms with Crippen molar-refractivity contribution in [3.8, 4) is 29.6 Å². The van der Waals surface area contributed by atoms with Crippen molar-refractivity contribution in [2.75, 3.05) is 0 Å². The van der Waals surface area contributed by atoms with Crippen molar-refractivity contribution in [2.24, 2.45) is 4.99 Å². The second-order valence-corrected chi connectivity index (χ2v) is 6.80. The first-order valence-corrected chi connectivity index (χ1v) is 9.49. The zero-order chi connectivity index (χ0) is 20.7. The van der Waals surface area contributed by atoms with Crippen LogP contribution >= 0.6 is 0 Å². The number of rotatable bonds is 3. The zero-order valence-corrected chi connectivity index (χ0v) is 16.1. The molecule has 0 saturated heterocycles. The summed E-state index contributed by atoms with van der Waals surface area (Å²) in [4.78, 5) is 13.6. The summed E-state index contributed by atoms with van der Waals surface area (Å²) in [5.41, 5.74) is 4.52. The molecular formula is C23H16FN5O. The van der Waals surface area contributed by atoms with Gasteiger partial charge in [-0.15, -0.1) is 6.42 Å². The van der Waals surface area contributed by atoms with E-state index in [4.69, 9.17) is 15.9 Å². The Kier molecular flexibility index (Phi) is 4.25. The number of benzene rings is 2. The Bertz CT molecular complexity index is 1340. The molecule has 0 N–H and O–H groups in total. The third kappa shape index (κ3) is 2.81. The molecule has 0 spiro atoms. The molecule has 0 fully saturated rings. The number of hydrogen-bond donors (Lipinski definition) is 0. The van der Waals surface area contributed by atoms with E-state index in [-0.39, 0.29) is 12.4 Å². The number of fused-ring (bicyclic) bond motifs is 3. The number of imidazole rings is 1. The Hall–Kier alpha value is -4.05. The molecular weight excluding hydrogens is 381 g/mol. The summed E-state index contributed by atoms with van der Waals surface area (Å²) in [6.07, 6.45) is 7.96. The molecule has 0 amide bonds. The molecule has 4 aromatic rings. The summed E-state index contributed by atoms with van der Waals surface area (Å²) in [6.45, 7) is 2.22. The monoisotopic (exact) mass is 397 g/mol. The number of terminal acetylenes is 1. The first kappa shape index (κ1) is 18.0. The Morgan fingerprint density at radius 1 is 1.20 bits per heavy atom. The van der Waals surface area contributed by atoms with Crippen molar-refractivity contribution in [2.45, 2.75) is 19.9 Å². The van der Waals surface area contributed by atoms with Crippen LogP contribution in [-0.4, -0.2) is 25.4 Å². The molecule has 7 heteroatoms. The largest absolute Gasteiger partial charge is 0.332 e. The van der Waals surface area contributed by atoms with Gasteiger partial charge in [-0.2, -0.15) is 4.98 Å². The lowest BCUT2D eigenvalue weighted by Crippen LogP contribution is -2.09. The number of hydrogen-bond acceptors (Lipinski definition) is 5. The standard InChI is InChI=1S/C23H16FN5O/c1-3-14-9-10-18-16(11-14)21(15-7-5-6-8-17(15)24)25-12-19-22(26-13-29(18)19)23-27-20(4-2)28-30-23/h1,5-11,13H,4,12H2,2H3. The van der Waals surface area contributed by atoms with Gasteiger partial charge in [-0.25, -0.2) is 9.37 Å². The number of halogens is 1. The summed E-state index contributed by atoms with van der Waals surface area (Å²) >= 11 is 0. The van der Waals surface area contributed by atoms with Gasteiger partial charge < -0.3 is 4.52 Å². The van der Waals surface area contributed by atoms with E-state index in [1.165, 1.54) is 6.07 Å². The van der Waals surface area contributed by atoms with E-state index in [0.29, 0.717) is 40.7 Å². The van der Waals surface area contributed by atoms with E-state index in [9.17, 15) is 4.39 Å². The fraction of sp³-hybridized carbons (Fsp3) is 0.130. The van der Waals surface area contributed by atoms with Gasteiger partial charge >= 0.3 is 0 Å². The second kappa shape index (κ2) is 7.08. The van der Waals surface area contributed by atoms with Crippen LogP contribution in [0.3, 0.4) is 0 Å². The molecule has 1 aliphatic rings. The Morgan fingerprint density at radius 3 is 2.83 bits per heavy atom. The molecule has 1 aliphatic heterocycles. The number of aryl methyl sites for hydroxylation is 1. The van der Waals surface area contributed by atoms with Crippen molar-refractivity contribution in [1.29, 1.82) is 0 Å². The molecule has 2 aromatic carbocycles. The van der Waals surface area contributed by atoms with Crippen LogP contribution in [0.5, 0.6) is 0 Å². The van der Waals surface area contributed by atoms with Gasteiger partial charge in [0.05, 0.1) is 23.6 Å². The summed E-state index contributed by atoms with van der Waals surface area (Å²) in [7, 11) is 0. The van der Waals surface area contributed by atoms with Crippen LogP contribution < -0.4 is 0 Å². The van der Waals surface area contributed by atoms with E-state index < -0.39 is 0 Å². The van der Waals surface area contributed by atoms with Gasteiger partial charge in [-0.3, -0.25) is 9.56 Å². The Balaban J connectivity index is 1.74. The average molecular weight is 397 g/mol. The predicted octanol–water partition coefficient (Wildman–Crippen LogP) is 3.96. The molecule has 6 nitrogen and oxygen atoms in total. The van der Waals surface area contributed by atoms with Crippen molar-refractivity contribution in [3.05, 3.63) is 82.8 Å². The molecule has 146 valence electrons. The van der Waals surface area contributed by atoms with Gasteiger partial charge in [0, 0.05) is 23.1 Å². The summed E-state index contributed by atoms with van der Waals surface area (Å²) in [6, 6.07) is 12.2. The minimum Gasteiger partial charge on any atom is -0.332 e. The van der Waals surface area contributed by atoms with E-state index >= 15 is 0 Å². The lowest BCUT2D eigenvalue weighted by molar-refractivity contribution is 0.422. The maximum absolute atomic E-state index is 14.7. The maximum atomic E-state index is 14.7. The highest BCUT2D eigenvalue weighted by Gasteiger charge is 2.25. The van der Waals surface area contributed by atoms with Gasteiger partial charge in [-0.1, -0.05) is 30.1 Å². The van der Waals surface area contributed by atoms with Crippen LogP contribution in [0.15, 0.2) is 58.3 Å². The molecule has 0 saturated carbocycles. The van der Waals surface area contributed by atoms with E-state index in [1.54, 1.807) is 24.5 Å². The highest BCUT2D eigenvalue weighted by atomic mass is 19.1. The molecule has 0 unspecified atom stereocenters. The van der Waals surface area contributed by atoms with Crippen LogP contribution in [0, 0.1) is 18.2 Å². The third-order valence-electron chi connectivity index (χ3n) is 5.05. The van der Waals surface area contributed by atoms with E-state index in [2.05, 4.69) is 21.0 Å². The lowest BCUT2D eigenvalue weighted by Gasteiger charge is -2.12.